The first-order valence-electron chi connectivity index (χ1n) is 11.2. The number of unbranched alkanes of at least 4 members (excludes halogenated alkanes) is 1. The van der Waals surface area contributed by atoms with Crippen molar-refractivity contribution in [1.29, 1.82) is 0 Å². The van der Waals surface area contributed by atoms with E-state index in [9.17, 15) is 4.79 Å². The van der Waals surface area contributed by atoms with Crippen molar-refractivity contribution in [3.05, 3.63) is 35.9 Å². The van der Waals surface area contributed by atoms with Crippen LogP contribution in [0, 0.1) is 11.3 Å². The fourth-order valence-corrected chi connectivity index (χ4v) is 3.96. The molecular weight excluding hydrogens is 400 g/mol. The van der Waals surface area contributed by atoms with Crippen LogP contribution in [0.3, 0.4) is 0 Å². The van der Waals surface area contributed by atoms with E-state index in [-0.39, 0.29) is 29.6 Å². The van der Waals surface area contributed by atoms with Crippen LogP contribution in [0.25, 0.3) is 0 Å². The van der Waals surface area contributed by atoms with E-state index in [1.165, 1.54) is 5.56 Å². The standard InChI is InChI=1S/C24H39ClN2O3/c1-19(16-26-18-24(2,3)12-7-8-13-25)22(15-20-9-5-4-6-10-20)27-23(28)30-21-11-14-29-17-21/h4-6,9-10,19,21-22,26H,7-8,11-18H2,1-3H3,(H,27,28). The van der Waals surface area contributed by atoms with Crippen molar-refractivity contribution in [2.75, 3.05) is 32.2 Å². The lowest BCUT2D eigenvalue weighted by atomic mass is 9.87. The summed E-state index contributed by atoms with van der Waals surface area (Å²) in [5, 5.41) is 6.73. The SMILES string of the molecule is CC(CNCC(C)(C)CCCCCl)C(Cc1ccccc1)NC(=O)OC1CCOC1. The second-order valence-electron chi connectivity index (χ2n) is 9.25. The van der Waals surface area contributed by atoms with Gasteiger partial charge in [0.2, 0.25) is 0 Å². The number of halogens is 1. The molecule has 30 heavy (non-hydrogen) atoms. The minimum Gasteiger partial charge on any atom is -0.444 e. The van der Waals surface area contributed by atoms with Gasteiger partial charge in [0.05, 0.1) is 13.2 Å². The molecule has 0 aliphatic carbocycles. The number of nitrogens with one attached hydrogen (secondary N) is 2. The molecule has 1 amide bonds. The molecule has 3 atom stereocenters. The van der Waals surface area contributed by atoms with Crippen LogP contribution >= 0.6 is 11.6 Å². The lowest BCUT2D eigenvalue weighted by molar-refractivity contribution is 0.0789. The van der Waals surface area contributed by atoms with Crippen LogP contribution in [0.5, 0.6) is 0 Å². The monoisotopic (exact) mass is 438 g/mol. The van der Waals surface area contributed by atoms with Gasteiger partial charge in [0.1, 0.15) is 6.10 Å². The van der Waals surface area contributed by atoms with Crippen molar-refractivity contribution < 1.29 is 14.3 Å². The second-order valence-corrected chi connectivity index (χ2v) is 9.63. The lowest BCUT2D eigenvalue weighted by Crippen LogP contribution is -2.46. The summed E-state index contributed by atoms with van der Waals surface area (Å²) < 4.78 is 10.8. The molecule has 1 fully saturated rings. The largest absolute Gasteiger partial charge is 0.444 e. The Balaban J connectivity index is 1.87. The second kappa shape index (κ2) is 13.2. The average Bonchev–Trinajstić information content (AvgIpc) is 3.21. The number of hydrogen-bond acceptors (Lipinski definition) is 4. The van der Waals surface area contributed by atoms with E-state index in [1.807, 2.05) is 18.2 Å². The Hall–Kier alpha value is -1.30. The van der Waals surface area contributed by atoms with Gasteiger partial charge in [-0.2, -0.15) is 0 Å². The van der Waals surface area contributed by atoms with Crippen molar-refractivity contribution in [3.8, 4) is 0 Å². The third-order valence-electron chi connectivity index (χ3n) is 5.76. The maximum Gasteiger partial charge on any atom is 0.407 e. The van der Waals surface area contributed by atoms with E-state index in [4.69, 9.17) is 21.1 Å². The fourth-order valence-electron chi connectivity index (χ4n) is 3.77. The number of ether oxygens (including phenoxy) is 2. The zero-order valence-electron chi connectivity index (χ0n) is 18.8. The molecule has 0 saturated carbocycles. The van der Waals surface area contributed by atoms with Crippen LogP contribution in [0.2, 0.25) is 0 Å². The molecule has 170 valence electrons. The molecule has 2 rings (SSSR count). The Bertz CT molecular complexity index is 606. The Morgan fingerprint density at radius 1 is 1.30 bits per heavy atom. The van der Waals surface area contributed by atoms with E-state index < -0.39 is 0 Å². The molecule has 1 aliphatic rings. The lowest BCUT2D eigenvalue weighted by Gasteiger charge is -2.29. The molecule has 1 heterocycles. The number of alkyl halides is 1. The smallest absolute Gasteiger partial charge is 0.407 e. The molecule has 1 aromatic carbocycles. The van der Waals surface area contributed by atoms with E-state index in [2.05, 4.69) is 43.5 Å². The molecule has 1 aromatic rings. The summed E-state index contributed by atoms with van der Waals surface area (Å²) in [5.74, 6) is 0.993. The highest BCUT2D eigenvalue weighted by atomic mass is 35.5. The molecule has 1 aliphatic heterocycles. The van der Waals surface area contributed by atoms with Gasteiger partial charge < -0.3 is 20.1 Å². The molecule has 1 saturated heterocycles. The molecule has 6 heteroatoms. The first kappa shape index (κ1) is 25.0. The predicted octanol–water partition coefficient (Wildman–Crippen LogP) is 4.77. The summed E-state index contributed by atoms with van der Waals surface area (Å²) in [5.41, 5.74) is 1.44. The van der Waals surface area contributed by atoms with E-state index >= 15 is 0 Å². The zero-order chi connectivity index (χ0) is 21.8. The quantitative estimate of drug-likeness (QED) is 0.344. The Labute approximate surface area is 187 Å². The summed E-state index contributed by atoms with van der Waals surface area (Å²) in [6, 6.07) is 10.3. The average molecular weight is 439 g/mol. The summed E-state index contributed by atoms with van der Waals surface area (Å²) in [6.07, 6.45) is 4.44. The highest BCUT2D eigenvalue weighted by Gasteiger charge is 2.25. The molecule has 5 nitrogen and oxygen atoms in total. The first-order chi connectivity index (χ1) is 14.4. The van der Waals surface area contributed by atoms with Crippen LogP contribution in [0.15, 0.2) is 30.3 Å². The molecular formula is C24H39ClN2O3. The van der Waals surface area contributed by atoms with Crippen molar-refractivity contribution in [2.24, 2.45) is 11.3 Å². The van der Waals surface area contributed by atoms with Gasteiger partial charge in [-0.3, -0.25) is 0 Å². The van der Waals surface area contributed by atoms with Gasteiger partial charge >= 0.3 is 6.09 Å². The molecule has 3 unspecified atom stereocenters. The molecule has 0 radical (unpaired) electrons. The number of benzene rings is 1. The number of alkyl carbamates (subject to hydrolysis) is 1. The highest BCUT2D eigenvalue weighted by molar-refractivity contribution is 6.17. The third-order valence-corrected chi connectivity index (χ3v) is 6.02. The molecule has 2 N–H and O–H groups in total. The van der Waals surface area contributed by atoms with Crippen molar-refractivity contribution in [3.63, 3.8) is 0 Å². The van der Waals surface area contributed by atoms with Gasteiger partial charge in [-0.15, -0.1) is 11.6 Å². The van der Waals surface area contributed by atoms with Gasteiger partial charge in [0.15, 0.2) is 0 Å². The van der Waals surface area contributed by atoms with Gasteiger partial charge in [0.25, 0.3) is 0 Å². The Morgan fingerprint density at radius 3 is 2.73 bits per heavy atom. The van der Waals surface area contributed by atoms with Crippen LogP contribution in [0.4, 0.5) is 4.79 Å². The summed E-state index contributed by atoms with van der Waals surface area (Å²) >= 11 is 5.81. The van der Waals surface area contributed by atoms with E-state index in [1.54, 1.807) is 0 Å². The van der Waals surface area contributed by atoms with Gasteiger partial charge in [-0.1, -0.05) is 57.5 Å². The predicted molar refractivity (Wildman–Crippen MR) is 123 cm³/mol. The van der Waals surface area contributed by atoms with Crippen molar-refractivity contribution in [2.45, 2.75) is 65.0 Å². The summed E-state index contributed by atoms with van der Waals surface area (Å²) in [7, 11) is 0. The molecule has 0 spiro atoms. The minimum atomic E-state index is -0.348. The van der Waals surface area contributed by atoms with Crippen LogP contribution in [0.1, 0.15) is 52.0 Å². The molecule has 0 aromatic heterocycles. The zero-order valence-corrected chi connectivity index (χ0v) is 19.5. The number of amides is 1. The molecule has 0 bridgehead atoms. The minimum absolute atomic E-state index is 0.00548. The van der Waals surface area contributed by atoms with Crippen molar-refractivity contribution in [1.82, 2.24) is 10.6 Å². The summed E-state index contributed by atoms with van der Waals surface area (Å²) in [4.78, 5) is 12.5. The normalized spacial score (nSPS) is 18.7. The first-order valence-corrected chi connectivity index (χ1v) is 11.8. The highest BCUT2D eigenvalue weighted by Crippen LogP contribution is 2.22. The maximum atomic E-state index is 12.5. The maximum absolute atomic E-state index is 12.5. The van der Waals surface area contributed by atoms with Gasteiger partial charge in [-0.05, 0) is 42.7 Å². The van der Waals surface area contributed by atoms with Crippen LogP contribution in [-0.2, 0) is 15.9 Å². The Kier molecular flexibility index (Phi) is 11.0. The van der Waals surface area contributed by atoms with Gasteiger partial charge in [0, 0.05) is 24.9 Å². The van der Waals surface area contributed by atoms with E-state index in [0.717, 1.165) is 51.1 Å². The number of carbonyl (C=O) groups excluding carboxylic acids is 1. The third kappa shape index (κ3) is 9.67. The Morgan fingerprint density at radius 2 is 2.07 bits per heavy atom. The van der Waals surface area contributed by atoms with Crippen LogP contribution in [-0.4, -0.2) is 50.4 Å². The fraction of sp³-hybridized carbons (Fsp3) is 0.708. The van der Waals surface area contributed by atoms with Gasteiger partial charge in [-0.25, -0.2) is 4.79 Å². The number of carbonyl (C=O) groups is 1. The van der Waals surface area contributed by atoms with Crippen molar-refractivity contribution >= 4 is 17.7 Å². The van der Waals surface area contributed by atoms with Crippen LogP contribution < -0.4 is 10.6 Å². The number of rotatable bonds is 13. The topological polar surface area (TPSA) is 59.6 Å². The summed E-state index contributed by atoms with van der Waals surface area (Å²) in [6.45, 7) is 9.70. The number of hydrogen-bond donors (Lipinski definition) is 2. The van der Waals surface area contributed by atoms with E-state index in [0.29, 0.717) is 13.2 Å².